The maximum Gasteiger partial charge on any atom is 0.313 e. The summed E-state index contributed by atoms with van der Waals surface area (Å²) >= 11 is 0. The fraction of sp³-hybridized carbons (Fsp3) is 0.448. The minimum Gasteiger partial charge on any atom is -0.460 e. The summed E-state index contributed by atoms with van der Waals surface area (Å²) in [5, 5.41) is 13.5. The highest BCUT2D eigenvalue weighted by atomic mass is 19.1. The van der Waals surface area contributed by atoms with Crippen molar-refractivity contribution in [2.75, 3.05) is 6.61 Å². The monoisotopic (exact) mass is 517 g/mol. The lowest BCUT2D eigenvalue weighted by Crippen LogP contribution is -2.34. The molecular formula is C29H28FN3O5. The van der Waals surface area contributed by atoms with Crippen LogP contribution in [0.15, 0.2) is 16.9 Å². The van der Waals surface area contributed by atoms with Crippen molar-refractivity contribution in [1.29, 1.82) is 0 Å². The zero-order valence-corrected chi connectivity index (χ0v) is 21.3. The number of carbonyl (C=O) groups excluding carboxylic acids is 2. The van der Waals surface area contributed by atoms with Gasteiger partial charge in [-0.25, -0.2) is 9.37 Å². The van der Waals surface area contributed by atoms with Crippen LogP contribution >= 0.6 is 0 Å². The molecule has 1 saturated carbocycles. The van der Waals surface area contributed by atoms with Crippen LogP contribution in [0.2, 0.25) is 0 Å². The molecule has 2 aromatic heterocycles. The Hall–Kier alpha value is -3.59. The molecule has 8 nitrogen and oxygen atoms in total. The smallest absolute Gasteiger partial charge is 0.313 e. The molecule has 4 atom stereocenters. The Labute approximate surface area is 217 Å². The number of fused-ring (bicyclic) bond motifs is 5. The summed E-state index contributed by atoms with van der Waals surface area (Å²) in [4.78, 5) is 44.0. The molecule has 0 saturated heterocycles. The number of cyclic esters (lactones) is 1. The third-order valence-corrected chi connectivity index (χ3v) is 9.01. The molecule has 4 unspecified atom stereocenters. The fourth-order valence-electron chi connectivity index (χ4n) is 6.77. The van der Waals surface area contributed by atoms with Gasteiger partial charge in [-0.15, -0.1) is 0 Å². The third kappa shape index (κ3) is 3.17. The second-order valence-corrected chi connectivity index (χ2v) is 11.0. The Bertz CT molecular complexity index is 1640. The van der Waals surface area contributed by atoms with E-state index >= 15 is 0 Å². The maximum atomic E-state index is 15.0. The number of benzene rings is 1. The minimum atomic E-state index is -0.517. The number of carbonyl (C=O) groups is 2. The quantitative estimate of drug-likeness (QED) is 0.403. The molecule has 2 aliphatic carbocycles. The van der Waals surface area contributed by atoms with Crippen molar-refractivity contribution < 1.29 is 23.8 Å². The van der Waals surface area contributed by atoms with Gasteiger partial charge in [-0.3, -0.25) is 14.4 Å². The van der Waals surface area contributed by atoms with Gasteiger partial charge >= 0.3 is 5.97 Å². The van der Waals surface area contributed by atoms with Gasteiger partial charge in [0.1, 0.15) is 12.4 Å². The molecular weight excluding hydrogens is 489 g/mol. The number of pyridine rings is 2. The van der Waals surface area contributed by atoms with E-state index in [2.05, 4.69) is 5.32 Å². The number of hydrogen-bond donors (Lipinski definition) is 2. The van der Waals surface area contributed by atoms with Crippen LogP contribution in [0.1, 0.15) is 71.5 Å². The molecule has 4 aliphatic rings. The van der Waals surface area contributed by atoms with Gasteiger partial charge < -0.3 is 19.7 Å². The first kappa shape index (κ1) is 23.5. The van der Waals surface area contributed by atoms with E-state index in [0.717, 1.165) is 22.1 Å². The van der Waals surface area contributed by atoms with E-state index in [0.29, 0.717) is 59.3 Å². The Morgan fingerprint density at radius 3 is 2.82 bits per heavy atom. The molecule has 1 aromatic carbocycles. The van der Waals surface area contributed by atoms with Gasteiger partial charge in [0.05, 0.1) is 41.0 Å². The summed E-state index contributed by atoms with van der Waals surface area (Å²) in [6.07, 6.45) is 2.39. The van der Waals surface area contributed by atoms with Crippen molar-refractivity contribution >= 4 is 22.8 Å². The molecule has 196 valence electrons. The maximum absolute atomic E-state index is 15.0. The fourth-order valence-corrected chi connectivity index (χ4v) is 6.77. The number of aliphatic hydroxyl groups excluding tert-OH is 1. The molecule has 0 radical (unpaired) electrons. The number of hydrogen-bond acceptors (Lipinski definition) is 6. The SMILES string of the molecule is CCC1C(=O)OCc2c1cc1n(c2=O)Cc2c-1nc1cc(F)c(C)c3c1c2C(NC(=O)C1CC1CO)CC3. The largest absolute Gasteiger partial charge is 0.460 e. The molecule has 7 rings (SSSR count). The molecule has 0 spiro atoms. The van der Waals surface area contributed by atoms with Crippen LogP contribution in [-0.2, 0) is 33.9 Å². The van der Waals surface area contributed by atoms with Gasteiger partial charge in [0.15, 0.2) is 0 Å². The number of nitrogens with zero attached hydrogens (tertiary/aromatic N) is 2. The van der Waals surface area contributed by atoms with Gasteiger partial charge in [-0.1, -0.05) is 6.92 Å². The molecule has 1 amide bonds. The first-order valence-corrected chi connectivity index (χ1v) is 13.3. The third-order valence-electron chi connectivity index (χ3n) is 9.01. The van der Waals surface area contributed by atoms with Crippen LogP contribution in [0.5, 0.6) is 0 Å². The van der Waals surface area contributed by atoms with E-state index in [1.54, 1.807) is 11.5 Å². The zero-order valence-electron chi connectivity index (χ0n) is 21.3. The summed E-state index contributed by atoms with van der Waals surface area (Å²) < 4.78 is 22.0. The normalized spacial score (nSPS) is 24.5. The molecule has 2 aliphatic heterocycles. The predicted octanol–water partition coefficient (Wildman–Crippen LogP) is 3.16. The van der Waals surface area contributed by atoms with E-state index in [1.807, 2.05) is 13.0 Å². The second kappa shape index (κ2) is 8.20. The van der Waals surface area contributed by atoms with Gasteiger partial charge in [-0.05, 0) is 66.8 Å². The first-order chi connectivity index (χ1) is 18.3. The molecule has 4 heterocycles. The van der Waals surface area contributed by atoms with E-state index in [-0.39, 0.29) is 60.9 Å². The number of ether oxygens (including phenoxy) is 1. The zero-order chi connectivity index (χ0) is 26.5. The average Bonchev–Trinajstić information content (AvgIpc) is 3.62. The minimum absolute atomic E-state index is 0.00372. The number of halogens is 1. The van der Waals surface area contributed by atoms with Crippen molar-refractivity contribution in [3.8, 4) is 11.4 Å². The Morgan fingerprint density at radius 1 is 1.26 bits per heavy atom. The highest BCUT2D eigenvalue weighted by molar-refractivity contribution is 5.94. The van der Waals surface area contributed by atoms with Crippen LogP contribution in [0.3, 0.4) is 0 Å². The van der Waals surface area contributed by atoms with E-state index in [1.165, 1.54) is 6.07 Å². The molecule has 2 N–H and O–H groups in total. The van der Waals surface area contributed by atoms with Crippen LogP contribution in [0, 0.1) is 24.6 Å². The lowest BCUT2D eigenvalue weighted by Gasteiger charge is -2.30. The molecule has 1 fully saturated rings. The topological polar surface area (TPSA) is 111 Å². The van der Waals surface area contributed by atoms with Gasteiger partial charge in [0, 0.05) is 29.5 Å². The van der Waals surface area contributed by atoms with Gasteiger partial charge in [0.25, 0.3) is 5.56 Å². The van der Waals surface area contributed by atoms with Gasteiger partial charge in [0.2, 0.25) is 5.91 Å². The summed E-state index contributed by atoms with van der Waals surface area (Å²) in [5.41, 5.74) is 5.87. The Balaban J connectivity index is 1.44. The number of aryl methyl sites for hydroxylation is 1. The Kier molecular flexibility index (Phi) is 5.08. The van der Waals surface area contributed by atoms with Crippen LogP contribution < -0.4 is 10.9 Å². The molecule has 9 heteroatoms. The van der Waals surface area contributed by atoms with Crippen molar-refractivity contribution in [3.05, 3.63) is 61.7 Å². The Morgan fingerprint density at radius 2 is 2.08 bits per heavy atom. The van der Waals surface area contributed by atoms with E-state index in [9.17, 15) is 23.9 Å². The summed E-state index contributed by atoms with van der Waals surface area (Å²) in [5.74, 6) is -1.47. The van der Waals surface area contributed by atoms with E-state index < -0.39 is 5.92 Å². The predicted molar refractivity (Wildman–Crippen MR) is 136 cm³/mol. The van der Waals surface area contributed by atoms with Gasteiger partial charge in [-0.2, -0.15) is 0 Å². The van der Waals surface area contributed by atoms with Crippen LogP contribution in [-0.4, -0.2) is 33.1 Å². The number of nitrogens with one attached hydrogen (secondary N) is 1. The van der Waals surface area contributed by atoms with Crippen molar-refractivity contribution in [1.82, 2.24) is 14.9 Å². The lowest BCUT2D eigenvalue weighted by molar-refractivity contribution is -0.148. The lowest BCUT2D eigenvalue weighted by atomic mass is 9.81. The van der Waals surface area contributed by atoms with Crippen molar-refractivity contribution in [3.63, 3.8) is 0 Å². The molecule has 3 aromatic rings. The molecule has 38 heavy (non-hydrogen) atoms. The highest BCUT2D eigenvalue weighted by Crippen LogP contribution is 2.46. The number of rotatable bonds is 4. The number of amides is 1. The second-order valence-electron chi connectivity index (χ2n) is 11.0. The van der Waals surface area contributed by atoms with Crippen molar-refractivity contribution in [2.24, 2.45) is 11.8 Å². The standard InChI is InChI=1S/C29H28FN3O5/c1-3-14-17-7-23-26-18(9-33(23)28(36)19(17)11-38-29(14)37)25-21(32-27(35)16-6-13(16)10-34)5-4-15-12(2)20(30)8-22(31-26)24(15)25/h7-8,13-14,16,21,34H,3-6,9-11H2,1-2H3,(H,32,35). The summed E-state index contributed by atoms with van der Waals surface area (Å²) in [6.45, 7) is 3.88. The summed E-state index contributed by atoms with van der Waals surface area (Å²) in [7, 11) is 0. The van der Waals surface area contributed by atoms with E-state index in [4.69, 9.17) is 9.72 Å². The average molecular weight is 518 g/mol. The van der Waals surface area contributed by atoms with Crippen LogP contribution in [0.25, 0.3) is 22.3 Å². The van der Waals surface area contributed by atoms with Crippen LogP contribution in [0.4, 0.5) is 4.39 Å². The summed E-state index contributed by atoms with van der Waals surface area (Å²) in [6, 6.07) is 3.00. The highest BCUT2D eigenvalue weighted by Gasteiger charge is 2.44. The number of aliphatic hydroxyl groups is 1. The first-order valence-electron chi connectivity index (χ1n) is 13.3. The van der Waals surface area contributed by atoms with Crippen molar-refractivity contribution in [2.45, 2.75) is 64.6 Å². The number of esters is 1. The number of aromatic nitrogens is 2. The molecule has 0 bridgehead atoms.